The molecule has 0 heterocycles. The summed E-state index contributed by atoms with van der Waals surface area (Å²) >= 11 is 0. The zero-order valence-corrected chi connectivity index (χ0v) is 11.7. The molecule has 1 aromatic carbocycles. The van der Waals surface area contributed by atoms with Crippen LogP contribution in [0.15, 0.2) is 24.3 Å². The van der Waals surface area contributed by atoms with Gasteiger partial charge in [0, 0.05) is 11.7 Å². The number of benzene rings is 1. The number of hydrogen-bond acceptors (Lipinski definition) is 3. The van der Waals surface area contributed by atoms with Gasteiger partial charge in [-0.2, -0.15) is 13.2 Å². The predicted octanol–water partition coefficient (Wildman–Crippen LogP) is 4.01. The molecule has 0 aliphatic heterocycles. The fourth-order valence-electron chi connectivity index (χ4n) is 2.67. The Morgan fingerprint density at radius 2 is 1.90 bits per heavy atom. The van der Waals surface area contributed by atoms with Crippen molar-refractivity contribution in [3.05, 3.63) is 29.8 Å². The molecule has 0 bridgehead atoms. The Balaban J connectivity index is 1.96. The lowest BCUT2D eigenvalue weighted by Crippen LogP contribution is -2.34. The monoisotopic (exact) mass is 301 g/mol. The molecule has 0 spiro atoms. The normalized spacial score (nSPS) is 22.7. The van der Waals surface area contributed by atoms with Gasteiger partial charge in [0.25, 0.3) is 0 Å². The van der Waals surface area contributed by atoms with Gasteiger partial charge >= 0.3 is 12.1 Å². The fraction of sp³-hybridized carbons (Fsp3) is 0.533. The largest absolute Gasteiger partial charge is 0.465 e. The summed E-state index contributed by atoms with van der Waals surface area (Å²) in [6.45, 7) is 0. The van der Waals surface area contributed by atoms with Gasteiger partial charge in [-0.25, -0.2) is 4.79 Å². The summed E-state index contributed by atoms with van der Waals surface area (Å²) in [7, 11) is 1.30. The summed E-state index contributed by atoms with van der Waals surface area (Å²) in [6.07, 6.45) is -2.51. The smallest absolute Gasteiger partial charge is 0.391 e. The van der Waals surface area contributed by atoms with Crippen LogP contribution < -0.4 is 5.32 Å². The first-order chi connectivity index (χ1) is 9.90. The summed E-state index contributed by atoms with van der Waals surface area (Å²) in [4.78, 5) is 11.3. The van der Waals surface area contributed by atoms with Crippen molar-refractivity contribution < 1.29 is 22.7 Å². The molecule has 1 fully saturated rings. The van der Waals surface area contributed by atoms with E-state index in [4.69, 9.17) is 0 Å². The van der Waals surface area contributed by atoms with Crippen LogP contribution in [-0.2, 0) is 4.74 Å². The molecule has 1 saturated carbocycles. The van der Waals surface area contributed by atoms with E-state index in [0.717, 1.165) is 12.1 Å². The van der Waals surface area contributed by atoms with Gasteiger partial charge in [-0.1, -0.05) is 6.42 Å². The van der Waals surface area contributed by atoms with Gasteiger partial charge in [0.15, 0.2) is 0 Å². The van der Waals surface area contributed by atoms with Crippen LogP contribution in [0.1, 0.15) is 36.0 Å². The number of rotatable bonds is 3. The Labute approximate surface area is 121 Å². The number of halogens is 3. The molecule has 0 saturated heterocycles. The third-order valence-electron chi connectivity index (χ3n) is 3.81. The number of carbonyl (C=O) groups excluding carboxylic acids is 1. The summed E-state index contributed by atoms with van der Waals surface area (Å²) in [5, 5.41) is 3.11. The number of methoxy groups -OCH3 is 1. The average molecular weight is 301 g/mol. The molecule has 2 unspecified atom stereocenters. The van der Waals surface area contributed by atoms with Crippen molar-refractivity contribution in [2.75, 3.05) is 12.4 Å². The number of carbonyl (C=O) groups is 1. The van der Waals surface area contributed by atoms with Crippen molar-refractivity contribution in [3.63, 3.8) is 0 Å². The molecular weight excluding hydrogens is 283 g/mol. The van der Waals surface area contributed by atoms with E-state index >= 15 is 0 Å². The van der Waals surface area contributed by atoms with Gasteiger partial charge in [0.05, 0.1) is 18.6 Å². The predicted molar refractivity (Wildman–Crippen MR) is 73.2 cm³/mol. The summed E-state index contributed by atoms with van der Waals surface area (Å²) in [5.41, 5.74) is 1.13. The van der Waals surface area contributed by atoms with Crippen molar-refractivity contribution in [2.45, 2.75) is 37.9 Å². The highest BCUT2D eigenvalue weighted by molar-refractivity contribution is 5.89. The standard InChI is InChI=1S/C15H18F3NO2/c1-21-14(20)10-5-7-12(8-6-10)19-13-4-2-3-11(9-13)15(16,17)18/h5-8,11,13,19H,2-4,9H2,1H3. The number of hydrogen-bond donors (Lipinski definition) is 1. The maximum absolute atomic E-state index is 12.8. The SMILES string of the molecule is COC(=O)c1ccc(NC2CCCC(C(F)(F)F)C2)cc1. The summed E-state index contributed by atoms with van der Waals surface area (Å²) in [5.74, 6) is -1.66. The van der Waals surface area contributed by atoms with Crippen LogP contribution in [0, 0.1) is 5.92 Å². The van der Waals surface area contributed by atoms with Crippen molar-refractivity contribution in [1.29, 1.82) is 0 Å². The molecule has 2 atom stereocenters. The van der Waals surface area contributed by atoms with Gasteiger partial charge < -0.3 is 10.1 Å². The minimum Gasteiger partial charge on any atom is -0.465 e. The molecule has 0 aromatic heterocycles. The molecule has 6 heteroatoms. The highest BCUT2D eigenvalue weighted by atomic mass is 19.4. The summed E-state index contributed by atoms with van der Waals surface area (Å²) in [6, 6.07) is 6.37. The van der Waals surface area contributed by atoms with Gasteiger partial charge in [0.2, 0.25) is 0 Å². The van der Waals surface area contributed by atoms with Crippen molar-refractivity contribution >= 4 is 11.7 Å². The first-order valence-corrected chi connectivity index (χ1v) is 6.92. The van der Waals surface area contributed by atoms with Crippen LogP contribution in [-0.4, -0.2) is 25.3 Å². The van der Waals surface area contributed by atoms with E-state index < -0.39 is 18.1 Å². The summed E-state index contributed by atoms with van der Waals surface area (Å²) < 4.78 is 42.9. The van der Waals surface area contributed by atoms with Crippen molar-refractivity contribution in [3.8, 4) is 0 Å². The lowest BCUT2D eigenvalue weighted by molar-refractivity contribution is -0.182. The first kappa shape index (κ1) is 15.7. The number of nitrogens with one attached hydrogen (secondary N) is 1. The fourth-order valence-corrected chi connectivity index (χ4v) is 2.67. The zero-order valence-electron chi connectivity index (χ0n) is 11.7. The van der Waals surface area contributed by atoms with Gasteiger partial charge in [-0.15, -0.1) is 0 Å². The highest BCUT2D eigenvalue weighted by Gasteiger charge is 2.42. The number of esters is 1. The molecule has 21 heavy (non-hydrogen) atoms. The van der Waals surface area contributed by atoms with Crippen LogP contribution in [0.3, 0.4) is 0 Å². The molecule has 2 rings (SSSR count). The lowest BCUT2D eigenvalue weighted by atomic mass is 9.85. The van der Waals surface area contributed by atoms with Gasteiger partial charge in [-0.05, 0) is 43.5 Å². The second kappa shape index (κ2) is 6.37. The molecule has 1 aliphatic rings. The topological polar surface area (TPSA) is 38.3 Å². The quantitative estimate of drug-likeness (QED) is 0.857. The minimum absolute atomic E-state index is 0.0995. The van der Waals surface area contributed by atoms with Crippen LogP contribution >= 0.6 is 0 Å². The van der Waals surface area contributed by atoms with Gasteiger partial charge in [0.1, 0.15) is 0 Å². The maximum atomic E-state index is 12.8. The van der Waals surface area contributed by atoms with E-state index in [-0.39, 0.29) is 18.9 Å². The molecule has 1 aliphatic carbocycles. The average Bonchev–Trinajstić information content (AvgIpc) is 2.47. The first-order valence-electron chi connectivity index (χ1n) is 6.92. The van der Waals surface area contributed by atoms with E-state index in [9.17, 15) is 18.0 Å². The van der Waals surface area contributed by atoms with Crippen molar-refractivity contribution in [2.24, 2.45) is 5.92 Å². The van der Waals surface area contributed by atoms with E-state index in [1.54, 1.807) is 24.3 Å². The molecule has 0 amide bonds. The van der Waals surface area contributed by atoms with Crippen LogP contribution in [0.4, 0.5) is 18.9 Å². The second-order valence-electron chi connectivity index (χ2n) is 5.32. The zero-order chi connectivity index (χ0) is 15.5. The van der Waals surface area contributed by atoms with E-state index in [0.29, 0.717) is 12.0 Å². The number of anilines is 1. The molecule has 0 radical (unpaired) electrons. The Kier molecular flexibility index (Phi) is 4.75. The second-order valence-corrected chi connectivity index (χ2v) is 5.32. The van der Waals surface area contributed by atoms with Gasteiger partial charge in [-0.3, -0.25) is 0 Å². The molecule has 1 N–H and O–H groups in total. The molecule has 3 nitrogen and oxygen atoms in total. The Bertz CT molecular complexity index is 485. The van der Waals surface area contributed by atoms with Crippen LogP contribution in [0.5, 0.6) is 0 Å². The molecule has 1 aromatic rings. The van der Waals surface area contributed by atoms with E-state index in [1.165, 1.54) is 7.11 Å². The Morgan fingerprint density at radius 3 is 2.48 bits per heavy atom. The van der Waals surface area contributed by atoms with Crippen LogP contribution in [0.2, 0.25) is 0 Å². The lowest BCUT2D eigenvalue weighted by Gasteiger charge is -2.31. The Hall–Kier alpha value is -1.72. The third-order valence-corrected chi connectivity index (χ3v) is 3.81. The van der Waals surface area contributed by atoms with Crippen molar-refractivity contribution in [1.82, 2.24) is 0 Å². The van der Waals surface area contributed by atoms with Crippen LogP contribution in [0.25, 0.3) is 0 Å². The minimum atomic E-state index is -4.12. The maximum Gasteiger partial charge on any atom is 0.391 e. The third kappa shape index (κ3) is 4.12. The Morgan fingerprint density at radius 1 is 1.24 bits per heavy atom. The molecular formula is C15H18F3NO2. The van der Waals surface area contributed by atoms with E-state index in [2.05, 4.69) is 10.1 Å². The van der Waals surface area contributed by atoms with E-state index in [1.807, 2.05) is 0 Å². The number of ether oxygens (including phenoxy) is 1. The highest BCUT2D eigenvalue weighted by Crippen LogP contribution is 2.38. The molecule has 116 valence electrons. The number of alkyl halides is 3.